The first-order valence-corrected chi connectivity index (χ1v) is 9.32. The van der Waals surface area contributed by atoms with Crippen LogP contribution in [0.5, 0.6) is 0 Å². The maximum Gasteiger partial charge on any atom is 0.227 e. The molecule has 148 valence electrons. The van der Waals surface area contributed by atoms with Gasteiger partial charge in [-0.05, 0) is 19.4 Å². The van der Waals surface area contributed by atoms with E-state index in [0.29, 0.717) is 57.8 Å². The van der Waals surface area contributed by atoms with Crippen LogP contribution in [-0.4, -0.2) is 60.5 Å². The van der Waals surface area contributed by atoms with Gasteiger partial charge < -0.3 is 25.8 Å². The molecular formula is C19H30N6O2. The molecule has 0 amide bonds. The second kappa shape index (κ2) is 12.2. The normalized spacial score (nSPS) is 11.0. The molecule has 27 heavy (non-hydrogen) atoms. The molecule has 0 saturated carbocycles. The summed E-state index contributed by atoms with van der Waals surface area (Å²) in [7, 11) is 0. The van der Waals surface area contributed by atoms with E-state index in [2.05, 4.69) is 37.7 Å². The highest BCUT2D eigenvalue weighted by atomic mass is 16.5. The summed E-state index contributed by atoms with van der Waals surface area (Å²) >= 11 is 0. The van der Waals surface area contributed by atoms with Crippen LogP contribution in [0.15, 0.2) is 30.3 Å². The number of aromatic nitrogens is 3. The molecule has 0 unspecified atom stereocenters. The molecule has 0 fully saturated rings. The van der Waals surface area contributed by atoms with E-state index in [1.54, 1.807) is 0 Å². The Morgan fingerprint density at radius 3 is 2.33 bits per heavy atom. The lowest BCUT2D eigenvalue weighted by molar-refractivity contribution is 0.0547. The summed E-state index contributed by atoms with van der Waals surface area (Å²) in [6.07, 6.45) is 0.653. The van der Waals surface area contributed by atoms with Gasteiger partial charge in [-0.25, -0.2) is 0 Å². The average Bonchev–Trinajstić information content (AvgIpc) is 2.64. The van der Waals surface area contributed by atoms with Crippen LogP contribution in [0.3, 0.4) is 0 Å². The predicted molar refractivity (Wildman–Crippen MR) is 107 cm³/mol. The van der Waals surface area contributed by atoms with Crippen LogP contribution < -0.4 is 16.4 Å². The molecule has 2 rings (SSSR count). The minimum absolute atomic E-state index is 0.238. The highest BCUT2D eigenvalue weighted by molar-refractivity contribution is 5.36. The summed E-state index contributed by atoms with van der Waals surface area (Å²) in [4.78, 5) is 13.5. The fourth-order valence-electron chi connectivity index (χ4n) is 2.32. The molecule has 0 aliphatic rings. The Morgan fingerprint density at radius 2 is 1.63 bits per heavy atom. The van der Waals surface area contributed by atoms with Gasteiger partial charge in [-0.1, -0.05) is 30.3 Å². The lowest BCUT2D eigenvalue weighted by Crippen LogP contribution is -2.18. The molecule has 0 aliphatic carbocycles. The summed E-state index contributed by atoms with van der Waals surface area (Å²) < 4.78 is 10.8. The Morgan fingerprint density at radius 1 is 0.926 bits per heavy atom. The van der Waals surface area contributed by atoms with E-state index in [4.69, 9.17) is 15.2 Å². The summed E-state index contributed by atoms with van der Waals surface area (Å²) in [6.45, 7) is 7.42. The fourth-order valence-corrected chi connectivity index (χ4v) is 2.32. The highest BCUT2D eigenvalue weighted by Gasteiger charge is 2.08. The highest BCUT2D eigenvalue weighted by Crippen LogP contribution is 2.11. The maximum absolute atomic E-state index is 5.51. The minimum atomic E-state index is 0.238. The van der Waals surface area contributed by atoms with Gasteiger partial charge in [-0.15, -0.1) is 0 Å². The first kappa shape index (κ1) is 21.0. The largest absolute Gasteiger partial charge is 0.378 e. The molecule has 1 heterocycles. The van der Waals surface area contributed by atoms with Crippen molar-refractivity contribution in [3.8, 4) is 0 Å². The van der Waals surface area contributed by atoms with Crippen LogP contribution in [-0.2, 0) is 15.9 Å². The number of rotatable bonds is 13. The Labute approximate surface area is 160 Å². The summed E-state index contributed by atoms with van der Waals surface area (Å²) in [6, 6.07) is 10.4. The van der Waals surface area contributed by atoms with Crippen molar-refractivity contribution in [2.75, 3.05) is 50.2 Å². The third-order valence-electron chi connectivity index (χ3n) is 3.47. The molecule has 2 aromatic rings. The monoisotopic (exact) mass is 374 g/mol. The molecule has 1 aromatic heterocycles. The Balaban J connectivity index is 1.88. The van der Waals surface area contributed by atoms with Gasteiger partial charge in [0.05, 0.1) is 26.4 Å². The zero-order valence-electron chi connectivity index (χ0n) is 16.1. The number of nitrogens with one attached hydrogen (secondary N) is 2. The Kier molecular flexibility index (Phi) is 9.47. The van der Waals surface area contributed by atoms with Gasteiger partial charge in [0.2, 0.25) is 11.9 Å². The van der Waals surface area contributed by atoms with Crippen molar-refractivity contribution in [2.45, 2.75) is 26.3 Å². The molecule has 0 saturated heterocycles. The molecule has 4 N–H and O–H groups in total. The maximum atomic E-state index is 5.51. The molecule has 0 aliphatic heterocycles. The summed E-state index contributed by atoms with van der Waals surface area (Å²) in [5.74, 6) is 1.84. The molecule has 0 radical (unpaired) electrons. The van der Waals surface area contributed by atoms with E-state index < -0.39 is 0 Å². The lowest BCUT2D eigenvalue weighted by Gasteiger charge is -2.12. The molecule has 0 spiro atoms. The van der Waals surface area contributed by atoms with E-state index in [0.717, 1.165) is 11.4 Å². The number of anilines is 2. The number of hydrogen-bond acceptors (Lipinski definition) is 8. The van der Waals surface area contributed by atoms with Crippen molar-refractivity contribution in [3.05, 3.63) is 41.7 Å². The van der Waals surface area contributed by atoms with Crippen LogP contribution in [0.2, 0.25) is 0 Å². The first-order chi connectivity index (χ1) is 13.2. The van der Waals surface area contributed by atoms with Crippen molar-refractivity contribution < 1.29 is 9.47 Å². The van der Waals surface area contributed by atoms with Crippen molar-refractivity contribution >= 4 is 11.9 Å². The van der Waals surface area contributed by atoms with Crippen molar-refractivity contribution in [3.63, 3.8) is 0 Å². The van der Waals surface area contributed by atoms with Crippen LogP contribution >= 0.6 is 0 Å². The van der Waals surface area contributed by atoms with Crippen LogP contribution in [0, 0.1) is 0 Å². The van der Waals surface area contributed by atoms with Crippen LogP contribution in [0.25, 0.3) is 0 Å². The quantitative estimate of drug-likeness (QED) is 0.455. The number of nitrogens with zero attached hydrogens (tertiary/aromatic N) is 3. The number of hydrogen-bond donors (Lipinski definition) is 3. The minimum Gasteiger partial charge on any atom is -0.378 e. The predicted octanol–water partition coefficient (Wildman–Crippen LogP) is 1.69. The molecule has 1 aromatic carbocycles. The topological polar surface area (TPSA) is 107 Å². The zero-order valence-corrected chi connectivity index (χ0v) is 16.1. The SMILES string of the molecule is CC(C)Nc1nc(Cc2ccccc2)nc(NCCOCCOCCN)n1. The van der Waals surface area contributed by atoms with Gasteiger partial charge in [0.1, 0.15) is 5.82 Å². The van der Waals surface area contributed by atoms with E-state index in [9.17, 15) is 0 Å². The third kappa shape index (κ3) is 8.76. The number of ether oxygens (including phenoxy) is 2. The fraction of sp³-hybridized carbons (Fsp3) is 0.526. The average molecular weight is 374 g/mol. The van der Waals surface area contributed by atoms with Gasteiger partial charge in [0, 0.05) is 25.6 Å². The molecule has 0 atom stereocenters. The third-order valence-corrected chi connectivity index (χ3v) is 3.47. The Hall–Kier alpha value is -2.29. The lowest BCUT2D eigenvalue weighted by atomic mass is 10.1. The van der Waals surface area contributed by atoms with E-state index in [-0.39, 0.29) is 6.04 Å². The Bertz CT molecular complexity index is 654. The van der Waals surface area contributed by atoms with Gasteiger partial charge >= 0.3 is 0 Å². The number of benzene rings is 1. The standard InChI is InChI=1S/C19H30N6O2/c1-15(2)22-19-24-17(14-16-6-4-3-5-7-16)23-18(25-19)21-9-11-27-13-12-26-10-8-20/h3-7,15H,8-14,20H2,1-2H3,(H2,21,22,23,24,25). The smallest absolute Gasteiger partial charge is 0.227 e. The zero-order chi connectivity index (χ0) is 19.3. The summed E-state index contributed by atoms with van der Waals surface area (Å²) in [5, 5.41) is 6.44. The van der Waals surface area contributed by atoms with Crippen molar-refractivity contribution in [2.24, 2.45) is 5.73 Å². The van der Waals surface area contributed by atoms with Gasteiger partial charge in [-0.2, -0.15) is 15.0 Å². The number of nitrogens with two attached hydrogens (primary N) is 1. The van der Waals surface area contributed by atoms with Gasteiger partial charge in [-0.3, -0.25) is 0 Å². The van der Waals surface area contributed by atoms with Crippen molar-refractivity contribution in [1.82, 2.24) is 15.0 Å². The molecular weight excluding hydrogens is 344 g/mol. The molecule has 8 nitrogen and oxygen atoms in total. The van der Waals surface area contributed by atoms with E-state index in [1.165, 1.54) is 0 Å². The van der Waals surface area contributed by atoms with Crippen molar-refractivity contribution in [1.29, 1.82) is 0 Å². The molecule has 0 bridgehead atoms. The summed E-state index contributed by atoms with van der Waals surface area (Å²) in [5.41, 5.74) is 6.52. The van der Waals surface area contributed by atoms with Gasteiger partial charge in [0.25, 0.3) is 0 Å². The van der Waals surface area contributed by atoms with Gasteiger partial charge in [0.15, 0.2) is 0 Å². The van der Waals surface area contributed by atoms with Crippen LogP contribution in [0.1, 0.15) is 25.2 Å². The second-order valence-corrected chi connectivity index (χ2v) is 6.30. The first-order valence-electron chi connectivity index (χ1n) is 9.32. The van der Waals surface area contributed by atoms with Crippen LogP contribution in [0.4, 0.5) is 11.9 Å². The molecule has 8 heteroatoms. The van der Waals surface area contributed by atoms with E-state index in [1.807, 2.05) is 32.0 Å². The van der Waals surface area contributed by atoms with E-state index >= 15 is 0 Å². The second-order valence-electron chi connectivity index (χ2n) is 6.30.